The number of nitrogens with zero attached hydrogens (tertiary/aromatic N) is 4. The Kier molecular flexibility index (Phi) is 2.45. The van der Waals surface area contributed by atoms with E-state index in [0.717, 1.165) is 17.2 Å². The van der Waals surface area contributed by atoms with Gasteiger partial charge in [-0.25, -0.2) is 5.06 Å². The van der Waals surface area contributed by atoms with E-state index in [1.807, 2.05) is 12.4 Å². The molecule has 3 heterocycles. The number of allylic oxidation sites excluding steroid dienone is 2. The maximum Gasteiger partial charge on any atom is 0.137 e. The van der Waals surface area contributed by atoms with E-state index in [1.165, 1.54) is 5.57 Å². The largest absolute Gasteiger partial charge is 0.336 e. The van der Waals surface area contributed by atoms with Crippen LogP contribution >= 0.6 is 0 Å². The zero-order valence-corrected chi connectivity index (χ0v) is 11.2. The summed E-state index contributed by atoms with van der Waals surface area (Å²) in [5.41, 5.74) is 3.54. The first-order valence-corrected chi connectivity index (χ1v) is 6.11. The van der Waals surface area contributed by atoms with Crippen LogP contribution in [-0.2, 0) is 4.84 Å². The Morgan fingerprint density at radius 2 is 2.17 bits per heavy atom. The van der Waals surface area contributed by atoms with E-state index in [2.05, 4.69) is 41.9 Å². The molecular weight excluding hydrogens is 228 g/mol. The SMILES string of the molecule is CON1C=C2C=NC3=C(N(C)C=C(C)C3C)N2C1. The maximum absolute atomic E-state index is 5.26. The van der Waals surface area contributed by atoms with Crippen molar-refractivity contribution in [2.45, 2.75) is 13.8 Å². The lowest BCUT2D eigenvalue weighted by Crippen LogP contribution is -2.38. The molecule has 0 amide bonds. The third-order valence-electron chi connectivity index (χ3n) is 3.75. The van der Waals surface area contributed by atoms with Crippen molar-refractivity contribution >= 4 is 6.21 Å². The second kappa shape index (κ2) is 3.88. The Morgan fingerprint density at radius 1 is 1.39 bits per heavy atom. The standard InChI is InChI=1S/C13H18N4O/c1-9-6-15(3)13-12(10(9)2)14-5-11-7-16(18-4)8-17(11)13/h5-7,10H,8H2,1-4H3. The normalized spacial score (nSPS) is 26.2. The van der Waals surface area contributed by atoms with E-state index in [-0.39, 0.29) is 0 Å². The number of rotatable bonds is 1. The summed E-state index contributed by atoms with van der Waals surface area (Å²) >= 11 is 0. The first-order valence-electron chi connectivity index (χ1n) is 6.11. The lowest BCUT2D eigenvalue weighted by Gasteiger charge is -2.38. The van der Waals surface area contributed by atoms with Gasteiger partial charge in [-0.3, -0.25) is 9.83 Å². The van der Waals surface area contributed by atoms with Gasteiger partial charge in [0.05, 0.1) is 30.9 Å². The molecule has 1 unspecified atom stereocenters. The minimum atomic E-state index is 0.366. The summed E-state index contributed by atoms with van der Waals surface area (Å²) in [5.74, 6) is 1.52. The molecule has 3 rings (SSSR count). The fourth-order valence-electron chi connectivity index (χ4n) is 2.58. The van der Waals surface area contributed by atoms with Crippen LogP contribution in [0.25, 0.3) is 0 Å². The molecule has 5 nitrogen and oxygen atoms in total. The lowest BCUT2D eigenvalue weighted by molar-refractivity contribution is -0.0966. The summed E-state index contributed by atoms with van der Waals surface area (Å²) in [4.78, 5) is 14.3. The molecule has 0 aliphatic carbocycles. The highest BCUT2D eigenvalue weighted by Gasteiger charge is 2.34. The fourth-order valence-corrected chi connectivity index (χ4v) is 2.58. The van der Waals surface area contributed by atoms with Crippen molar-refractivity contribution < 1.29 is 4.84 Å². The summed E-state index contributed by atoms with van der Waals surface area (Å²) in [5, 5.41) is 1.81. The second-order valence-corrected chi connectivity index (χ2v) is 4.90. The Balaban J connectivity index is 2.01. The molecule has 0 fully saturated rings. The molecule has 0 spiro atoms. The van der Waals surface area contributed by atoms with Crippen LogP contribution < -0.4 is 0 Å². The van der Waals surface area contributed by atoms with Crippen molar-refractivity contribution in [2.24, 2.45) is 10.9 Å². The van der Waals surface area contributed by atoms with Gasteiger partial charge in [-0.1, -0.05) is 6.92 Å². The molecule has 0 bridgehead atoms. The highest BCUT2D eigenvalue weighted by Crippen LogP contribution is 2.37. The molecule has 3 aliphatic heterocycles. The van der Waals surface area contributed by atoms with Crippen molar-refractivity contribution in [1.82, 2.24) is 14.9 Å². The van der Waals surface area contributed by atoms with Crippen molar-refractivity contribution in [3.05, 3.63) is 35.2 Å². The molecule has 0 N–H and O–H groups in total. The van der Waals surface area contributed by atoms with Crippen LogP contribution in [0, 0.1) is 5.92 Å². The van der Waals surface area contributed by atoms with Crippen molar-refractivity contribution in [2.75, 3.05) is 20.8 Å². The van der Waals surface area contributed by atoms with Crippen molar-refractivity contribution in [3.63, 3.8) is 0 Å². The third kappa shape index (κ3) is 1.47. The molecule has 18 heavy (non-hydrogen) atoms. The van der Waals surface area contributed by atoms with Crippen LogP contribution in [0.15, 0.2) is 40.2 Å². The van der Waals surface area contributed by atoms with Crippen LogP contribution in [0.3, 0.4) is 0 Å². The van der Waals surface area contributed by atoms with Crippen LogP contribution in [0.1, 0.15) is 13.8 Å². The van der Waals surface area contributed by atoms with Gasteiger partial charge in [0.2, 0.25) is 0 Å². The average Bonchev–Trinajstić information content (AvgIpc) is 2.77. The fraction of sp³-hybridized carbons (Fsp3) is 0.462. The van der Waals surface area contributed by atoms with Crippen molar-refractivity contribution in [3.8, 4) is 0 Å². The van der Waals surface area contributed by atoms with Gasteiger partial charge in [0.15, 0.2) is 0 Å². The molecule has 0 aromatic carbocycles. The third-order valence-corrected chi connectivity index (χ3v) is 3.75. The zero-order valence-electron chi connectivity index (χ0n) is 11.2. The first kappa shape index (κ1) is 11.3. The summed E-state index contributed by atoms with van der Waals surface area (Å²) in [6.07, 6.45) is 6.06. The predicted molar refractivity (Wildman–Crippen MR) is 69.8 cm³/mol. The number of hydroxylamine groups is 2. The average molecular weight is 246 g/mol. The molecule has 0 saturated heterocycles. The van der Waals surface area contributed by atoms with E-state index in [9.17, 15) is 0 Å². The number of aliphatic imine (C=N–C) groups is 1. The summed E-state index contributed by atoms with van der Waals surface area (Å²) in [7, 11) is 3.75. The highest BCUT2D eigenvalue weighted by atomic mass is 16.7. The topological polar surface area (TPSA) is 31.3 Å². The van der Waals surface area contributed by atoms with E-state index in [1.54, 1.807) is 12.2 Å². The van der Waals surface area contributed by atoms with Gasteiger partial charge in [0, 0.05) is 19.2 Å². The minimum absolute atomic E-state index is 0.366. The number of fused-ring (bicyclic) bond motifs is 2. The molecule has 96 valence electrons. The lowest BCUT2D eigenvalue weighted by atomic mass is 9.96. The molecule has 0 aromatic rings. The second-order valence-electron chi connectivity index (χ2n) is 4.90. The Hall–Kier alpha value is -1.75. The number of hydrogen-bond donors (Lipinski definition) is 0. The minimum Gasteiger partial charge on any atom is -0.336 e. The zero-order chi connectivity index (χ0) is 12.9. The highest BCUT2D eigenvalue weighted by molar-refractivity contribution is 5.81. The van der Waals surface area contributed by atoms with Crippen LogP contribution in [0.2, 0.25) is 0 Å². The van der Waals surface area contributed by atoms with Gasteiger partial charge >= 0.3 is 0 Å². The van der Waals surface area contributed by atoms with E-state index < -0.39 is 0 Å². The van der Waals surface area contributed by atoms with E-state index >= 15 is 0 Å². The van der Waals surface area contributed by atoms with Gasteiger partial charge in [-0.2, -0.15) is 0 Å². The Labute approximate surface area is 107 Å². The Morgan fingerprint density at radius 3 is 2.89 bits per heavy atom. The molecule has 3 aliphatic rings. The number of hydrogen-bond acceptors (Lipinski definition) is 5. The smallest absolute Gasteiger partial charge is 0.137 e. The van der Waals surface area contributed by atoms with E-state index in [4.69, 9.17) is 4.84 Å². The van der Waals surface area contributed by atoms with Gasteiger partial charge in [0.25, 0.3) is 0 Å². The first-order chi connectivity index (χ1) is 8.61. The summed E-state index contributed by atoms with van der Waals surface area (Å²) in [6, 6.07) is 0. The molecule has 0 saturated carbocycles. The molecule has 1 atom stereocenters. The monoisotopic (exact) mass is 246 g/mol. The van der Waals surface area contributed by atoms with Crippen molar-refractivity contribution in [1.29, 1.82) is 0 Å². The maximum atomic E-state index is 5.26. The predicted octanol–water partition coefficient (Wildman–Crippen LogP) is 1.70. The molecule has 0 aromatic heterocycles. The van der Waals surface area contributed by atoms with Gasteiger partial charge in [-0.15, -0.1) is 0 Å². The Bertz CT molecular complexity index is 503. The molecule has 5 heteroatoms. The van der Waals surface area contributed by atoms with E-state index in [0.29, 0.717) is 12.6 Å². The van der Waals surface area contributed by atoms with Crippen LogP contribution in [0.5, 0.6) is 0 Å². The molecular formula is C13H18N4O. The van der Waals surface area contributed by atoms with Gasteiger partial charge in [0.1, 0.15) is 12.5 Å². The molecule has 0 radical (unpaired) electrons. The van der Waals surface area contributed by atoms with Gasteiger partial charge < -0.3 is 9.80 Å². The van der Waals surface area contributed by atoms with Crippen LogP contribution in [0.4, 0.5) is 0 Å². The van der Waals surface area contributed by atoms with Gasteiger partial charge in [-0.05, 0) is 12.5 Å². The van der Waals surface area contributed by atoms with Crippen LogP contribution in [-0.4, -0.2) is 41.9 Å². The summed E-state index contributed by atoms with van der Waals surface area (Å²) in [6.45, 7) is 5.06. The summed E-state index contributed by atoms with van der Waals surface area (Å²) < 4.78 is 0. The quantitative estimate of drug-likeness (QED) is 0.705.